The van der Waals surface area contributed by atoms with Gasteiger partial charge in [-0.05, 0) is 31.0 Å². The van der Waals surface area contributed by atoms with E-state index < -0.39 is 11.9 Å². The summed E-state index contributed by atoms with van der Waals surface area (Å²) in [6.07, 6.45) is 4.24. The van der Waals surface area contributed by atoms with Gasteiger partial charge in [-0.25, -0.2) is 9.78 Å². The summed E-state index contributed by atoms with van der Waals surface area (Å²) in [6, 6.07) is 3.57. The molecule has 0 aliphatic carbocycles. The Kier molecular flexibility index (Phi) is 5.41. The first kappa shape index (κ1) is 18.2. The lowest BCUT2D eigenvalue weighted by atomic mass is 9.83. The van der Waals surface area contributed by atoms with E-state index in [-0.39, 0.29) is 5.56 Å². The Balaban J connectivity index is 2.19. The van der Waals surface area contributed by atoms with Crippen molar-refractivity contribution >= 4 is 23.5 Å². The van der Waals surface area contributed by atoms with Gasteiger partial charge in [-0.3, -0.25) is 9.78 Å². The van der Waals surface area contributed by atoms with Crippen LogP contribution >= 0.6 is 11.8 Å². The van der Waals surface area contributed by atoms with E-state index in [0.29, 0.717) is 27.8 Å². The SMILES string of the molecule is CCCSc1nc2c(c(=O)[nH]1)[C@H](c1ccncc1)C(C(=O)OC)=C(C)N2. The van der Waals surface area contributed by atoms with Crippen LogP contribution in [0.1, 0.15) is 37.3 Å². The minimum atomic E-state index is -0.567. The van der Waals surface area contributed by atoms with Gasteiger partial charge < -0.3 is 15.0 Å². The number of anilines is 1. The van der Waals surface area contributed by atoms with E-state index >= 15 is 0 Å². The van der Waals surface area contributed by atoms with Crippen LogP contribution in [0.15, 0.2) is 45.7 Å². The highest BCUT2D eigenvalue weighted by Crippen LogP contribution is 2.39. The van der Waals surface area contributed by atoms with Gasteiger partial charge in [0.2, 0.25) is 0 Å². The maximum atomic E-state index is 12.9. The molecule has 0 unspecified atom stereocenters. The number of allylic oxidation sites excluding steroid dienone is 1. The van der Waals surface area contributed by atoms with Gasteiger partial charge in [-0.2, -0.15) is 0 Å². The standard InChI is InChI=1S/C18H20N4O3S/c1-4-9-26-18-21-15-14(16(23)22-18)13(11-5-7-19-8-6-11)12(10(2)20-15)17(24)25-3/h5-8,13H,4,9H2,1-3H3,(H2,20,21,22,23)/t13-/m1/s1. The van der Waals surface area contributed by atoms with Gasteiger partial charge in [-0.15, -0.1) is 0 Å². The summed E-state index contributed by atoms with van der Waals surface area (Å²) >= 11 is 1.49. The van der Waals surface area contributed by atoms with Crippen molar-refractivity contribution in [2.45, 2.75) is 31.3 Å². The molecular formula is C18H20N4O3S. The Morgan fingerprint density at radius 3 is 2.73 bits per heavy atom. The van der Waals surface area contributed by atoms with Crippen molar-refractivity contribution in [2.24, 2.45) is 0 Å². The average molecular weight is 372 g/mol. The Bertz CT molecular complexity index is 908. The molecule has 0 radical (unpaired) electrons. The van der Waals surface area contributed by atoms with Crippen LogP contribution in [0.5, 0.6) is 0 Å². The van der Waals surface area contributed by atoms with Crippen LogP contribution in [0.3, 0.4) is 0 Å². The molecule has 7 nitrogen and oxygen atoms in total. The lowest BCUT2D eigenvalue weighted by molar-refractivity contribution is -0.136. The molecule has 136 valence electrons. The fourth-order valence-corrected chi connectivity index (χ4v) is 3.69. The first-order chi connectivity index (χ1) is 12.6. The van der Waals surface area contributed by atoms with Gasteiger partial charge in [0.25, 0.3) is 5.56 Å². The monoisotopic (exact) mass is 372 g/mol. The lowest BCUT2D eigenvalue weighted by Gasteiger charge is -2.28. The normalized spacial score (nSPS) is 16.0. The highest BCUT2D eigenvalue weighted by molar-refractivity contribution is 7.99. The van der Waals surface area contributed by atoms with Crippen molar-refractivity contribution in [2.75, 3.05) is 18.2 Å². The fraction of sp³-hybridized carbons (Fsp3) is 0.333. The number of esters is 1. The number of aromatic amines is 1. The molecule has 26 heavy (non-hydrogen) atoms. The zero-order valence-electron chi connectivity index (χ0n) is 14.8. The molecule has 1 aliphatic rings. The van der Waals surface area contributed by atoms with E-state index in [9.17, 15) is 9.59 Å². The molecule has 3 rings (SSSR count). The molecule has 3 heterocycles. The quantitative estimate of drug-likeness (QED) is 0.473. The third-order valence-corrected chi connectivity index (χ3v) is 5.19. The average Bonchev–Trinajstić information content (AvgIpc) is 2.65. The number of ether oxygens (including phenoxy) is 1. The predicted octanol–water partition coefficient (Wildman–Crippen LogP) is 2.67. The second-order valence-electron chi connectivity index (χ2n) is 5.85. The number of thioether (sulfide) groups is 1. The summed E-state index contributed by atoms with van der Waals surface area (Å²) in [5, 5.41) is 3.66. The second-order valence-corrected chi connectivity index (χ2v) is 6.93. The predicted molar refractivity (Wildman–Crippen MR) is 100 cm³/mol. The van der Waals surface area contributed by atoms with E-state index in [2.05, 4.69) is 27.2 Å². The Morgan fingerprint density at radius 1 is 1.35 bits per heavy atom. The van der Waals surface area contributed by atoms with Crippen LogP contribution in [0.25, 0.3) is 0 Å². The number of carbonyl (C=O) groups excluding carboxylic acids is 1. The molecule has 1 atom stereocenters. The highest BCUT2D eigenvalue weighted by atomic mass is 32.2. The Morgan fingerprint density at radius 2 is 2.08 bits per heavy atom. The molecule has 2 aromatic heterocycles. The fourth-order valence-electron chi connectivity index (χ4n) is 2.97. The number of H-pyrrole nitrogens is 1. The van der Waals surface area contributed by atoms with Crippen LogP contribution in [0.2, 0.25) is 0 Å². The zero-order chi connectivity index (χ0) is 18.7. The maximum absolute atomic E-state index is 12.9. The molecule has 2 aromatic rings. The molecule has 8 heteroatoms. The van der Waals surface area contributed by atoms with Crippen molar-refractivity contribution in [3.05, 3.63) is 57.3 Å². The molecule has 0 saturated carbocycles. The van der Waals surface area contributed by atoms with E-state index in [1.807, 2.05) is 0 Å². The van der Waals surface area contributed by atoms with Gasteiger partial charge in [0, 0.05) is 23.8 Å². The van der Waals surface area contributed by atoms with Crippen LogP contribution < -0.4 is 10.9 Å². The number of nitrogens with zero attached hydrogens (tertiary/aromatic N) is 2. The molecule has 2 N–H and O–H groups in total. The van der Waals surface area contributed by atoms with Crippen molar-refractivity contribution in [1.82, 2.24) is 15.0 Å². The minimum Gasteiger partial charge on any atom is -0.466 e. The molecular weight excluding hydrogens is 352 g/mol. The van der Waals surface area contributed by atoms with E-state index in [0.717, 1.165) is 17.7 Å². The number of pyridine rings is 1. The van der Waals surface area contributed by atoms with Crippen molar-refractivity contribution in [1.29, 1.82) is 0 Å². The zero-order valence-corrected chi connectivity index (χ0v) is 15.6. The third kappa shape index (κ3) is 3.37. The number of fused-ring (bicyclic) bond motifs is 1. The summed E-state index contributed by atoms with van der Waals surface area (Å²) in [5.74, 6) is 0.284. The van der Waals surface area contributed by atoms with E-state index in [1.54, 1.807) is 31.5 Å². The summed E-state index contributed by atoms with van der Waals surface area (Å²) < 4.78 is 4.95. The smallest absolute Gasteiger partial charge is 0.336 e. The van der Waals surface area contributed by atoms with E-state index in [1.165, 1.54) is 18.9 Å². The number of aromatic nitrogens is 3. The summed E-state index contributed by atoms with van der Waals surface area (Å²) in [7, 11) is 1.33. The molecule has 0 aromatic carbocycles. The molecule has 0 bridgehead atoms. The Hall–Kier alpha value is -2.61. The van der Waals surface area contributed by atoms with Crippen LogP contribution in [0, 0.1) is 0 Å². The van der Waals surface area contributed by atoms with Crippen molar-refractivity contribution in [3.63, 3.8) is 0 Å². The van der Waals surface area contributed by atoms with E-state index in [4.69, 9.17) is 4.74 Å². The van der Waals surface area contributed by atoms with Gasteiger partial charge in [0.1, 0.15) is 5.82 Å². The summed E-state index contributed by atoms with van der Waals surface area (Å²) in [4.78, 5) is 36.7. The third-order valence-electron chi connectivity index (χ3n) is 4.11. The summed E-state index contributed by atoms with van der Waals surface area (Å²) in [6.45, 7) is 3.85. The number of rotatable bonds is 5. The van der Waals surface area contributed by atoms with Gasteiger partial charge >= 0.3 is 5.97 Å². The Labute approximate surface area is 155 Å². The minimum absolute atomic E-state index is 0.267. The van der Waals surface area contributed by atoms with Crippen LogP contribution in [-0.2, 0) is 9.53 Å². The molecule has 0 saturated heterocycles. The molecule has 0 spiro atoms. The first-order valence-corrected chi connectivity index (χ1v) is 9.28. The molecule has 1 aliphatic heterocycles. The maximum Gasteiger partial charge on any atom is 0.336 e. The number of nitrogens with one attached hydrogen (secondary N) is 2. The van der Waals surface area contributed by atoms with Gasteiger partial charge in [-0.1, -0.05) is 18.7 Å². The highest BCUT2D eigenvalue weighted by Gasteiger charge is 2.36. The number of carbonyl (C=O) groups is 1. The molecule has 0 amide bonds. The first-order valence-electron chi connectivity index (χ1n) is 8.29. The number of hydrogen-bond acceptors (Lipinski definition) is 7. The lowest BCUT2D eigenvalue weighted by Crippen LogP contribution is -2.31. The van der Waals surface area contributed by atoms with Crippen molar-refractivity contribution < 1.29 is 9.53 Å². The van der Waals surface area contributed by atoms with Crippen molar-refractivity contribution in [3.8, 4) is 0 Å². The largest absolute Gasteiger partial charge is 0.466 e. The second kappa shape index (κ2) is 7.74. The van der Waals surface area contributed by atoms with Gasteiger partial charge in [0.05, 0.1) is 24.2 Å². The van der Waals surface area contributed by atoms with Gasteiger partial charge in [0.15, 0.2) is 5.16 Å². The van der Waals surface area contributed by atoms with Crippen LogP contribution in [-0.4, -0.2) is 33.8 Å². The van der Waals surface area contributed by atoms with Crippen LogP contribution in [0.4, 0.5) is 5.82 Å². The number of hydrogen-bond donors (Lipinski definition) is 2. The number of methoxy groups -OCH3 is 1. The molecule has 0 fully saturated rings. The topological polar surface area (TPSA) is 97.0 Å². The summed E-state index contributed by atoms with van der Waals surface area (Å²) in [5.41, 5.74) is 1.94.